The highest BCUT2D eigenvalue weighted by atomic mass is 32.1. The minimum atomic E-state index is -0.250. The molecule has 3 aromatic rings. The fourth-order valence-electron chi connectivity index (χ4n) is 3.53. The summed E-state index contributed by atoms with van der Waals surface area (Å²) in [7, 11) is 0. The van der Waals surface area contributed by atoms with Gasteiger partial charge in [-0.15, -0.1) is 11.3 Å². The van der Waals surface area contributed by atoms with Gasteiger partial charge >= 0.3 is 0 Å². The molecule has 7 nitrogen and oxygen atoms in total. The normalized spacial score (nSPS) is 14.7. The van der Waals surface area contributed by atoms with Gasteiger partial charge in [0.05, 0.1) is 11.4 Å². The van der Waals surface area contributed by atoms with E-state index in [-0.39, 0.29) is 5.91 Å². The number of nitrogens with one attached hydrogen (secondary N) is 1. The third kappa shape index (κ3) is 4.38. The summed E-state index contributed by atoms with van der Waals surface area (Å²) in [6.07, 6.45) is 5.55. The molecule has 1 amide bonds. The quantitative estimate of drug-likeness (QED) is 0.559. The number of hydrogen-bond acceptors (Lipinski definition) is 7. The fraction of sp³-hybridized carbons (Fsp3) is 0.286. The molecule has 1 saturated heterocycles. The van der Waals surface area contributed by atoms with Gasteiger partial charge in [0, 0.05) is 42.1 Å². The Morgan fingerprint density at radius 2 is 2.10 bits per heavy atom. The summed E-state index contributed by atoms with van der Waals surface area (Å²) in [5.41, 5.74) is 15.4. The Kier molecular flexibility index (Phi) is 5.73. The van der Waals surface area contributed by atoms with E-state index in [1.54, 1.807) is 23.8 Å². The highest BCUT2D eigenvalue weighted by molar-refractivity contribution is 7.13. The van der Waals surface area contributed by atoms with Crippen LogP contribution >= 0.6 is 11.3 Å². The molecule has 5 N–H and O–H groups in total. The number of nitrogens with zero attached hydrogens (tertiary/aromatic N) is 3. The molecule has 29 heavy (non-hydrogen) atoms. The Bertz CT molecular complexity index is 982. The van der Waals surface area contributed by atoms with Gasteiger partial charge in [-0.25, -0.2) is 4.98 Å². The lowest BCUT2D eigenvalue weighted by Crippen LogP contribution is -2.36. The standard InChI is InChI=1S/C21H24N6OS/c22-11-14-5-8-27(9-6-14)19-4-3-16(23)10-17(19)25-20(28)18-13-29-21(26-18)15-2-1-7-24-12-15/h1-4,7,10,12-14H,5-6,8-9,11,22-23H2,(H,25,28). The number of rotatable bonds is 5. The van der Waals surface area contributed by atoms with Crippen molar-refractivity contribution >= 4 is 34.3 Å². The predicted molar refractivity (Wildman–Crippen MR) is 118 cm³/mol. The Balaban J connectivity index is 1.53. The average molecular weight is 409 g/mol. The molecule has 1 aliphatic heterocycles. The van der Waals surface area contributed by atoms with Crippen molar-refractivity contribution in [3.8, 4) is 10.6 Å². The van der Waals surface area contributed by atoms with Crippen molar-refractivity contribution in [3.05, 3.63) is 53.8 Å². The van der Waals surface area contributed by atoms with Crippen LogP contribution in [-0.2, 0) is 0 Å². The van der Waals surface area contributed by atoms with Crippen LogP contribution in [0.25, 0.3) is 10.6 Å². The number of aromatic nitrogens is 2. The van der Waals surface area contributed by atoms with Gasteiger partial charge in [-0.2, -0.15) is 0 Å². The molecule has 0 atom stereocenters. The zero-order valence-electron chi connectivity index (χ0n) is 16.0. The molecular formula is C21H24N6OS. The van der Waals surface area contributed by atoms with Gasteiger partial charge < -0.3 is 21.7 Å². The maximum Gasteiger partial charge on any atom is 0.275 e. The van der Waals surface area contributed by atoms with E-state index in [1.807, 2.05) is 24.3 Å². The number of thiazole rings is 1. The lowest BCUT2D eigenvalue weighted by molar-refractivity contribution is 0.102. The molecule has 1 aromatic carbocycles. The van der Waals surface area contributed by atoms with Crippen molar-refractivity contribution in [2.45, 2.75) is 12.8 Å². The summed E-state index contributed by atoms with van der Waals surface area (Å²) >= 11 is 1.42. The molecule has 0 unspecified atom stereocenters. The van der Waals surface area contributed by atoms with Crippen molar-refractivity contribution in [1.82, 2.24) is 9.97 Å². The van der Waals surface area contributed by atoms with Gasteiger partial charge in [-0.1, -0.05) is 0 Å². The van der Waals surface area contributed by atoms with Crippen molar-refractivity contribution in [1.29, 1.82) is 0 Å². The topological polar surface area (TPSA) is 110 Å². The maximum atomic E-state index is 12.8. The number of nitrogen functional groups attached to an aromatic ring is 1. The Morgan fingerprint density at radius 1 is 1.28 bits per heavy atom. The van der Waals surface area contributed by atoms with Crippen LogP contribution < -0.4 is 21.7 Å². The highest BCUT2D eigenvalue weighted by Crippen LogP contribution is 2.32. The molecular weight excluding hydrogens is 384 g/mol. The minimum absolute atomic E-state index is 0.250. The zero-order chi connectivity index (χ0) is 20.2. The van der Waals surface area contributed by atoms with Gasteiger partial charge in [-0.3, -0.25) is 9.78 Å². The van der Waals surface area contributed by atoms with Crippen LogP contribution in [0, 0.1) is 5.92 Å². The summed E-state index contributed by atoms with van der Waals surface area (Å²) < 4.78 is 0. The molecule has 1 aliphatic rings. The second-order valence-corrected chi connectivity index (χ2v) is 8.03. The predicted octanol–water partition coefficient (Wildman–Crippen LogP) is 3.21. The first-order chi connectivity index (χ1) is 14.1. The second-order valence-electron chi connectivity index (χ2n) is 7.18. The van der Waals surface area contributed by atoms with E-state index in [9.17, 15) is 4.79 Å². The van der Waals surface area contributed by atoms with Crippen molar-refractivity contribution in [3.63, 3.8) is 0 Å². The largest absolute Gasteiger partial charge is 0.399 e. The number of carbonyl (C=O) groups excluding carboxylic acids is 1. The minimum Gasteiger partial charge on any atom is -0.399 e. The third-order valence-electron chi connectivity index (χ3n) is 5.20. The number of hydrogen-bond donors (Lipinski definition) is 3. The molecule has 3 heterocycles. The molecule has 8 heteroatoms. The molecule has 150 valence electrons. The summed E-state index contributed by atoms with van der Waals surface area (Å²) in [5.74, 6) is 0.319. The van der Waals surface area contributed by atoms with Gasteiger partial charge in [0.2, 0.25) is 0 Å². The molecule has 2 aromatic heterocycles. The summed E-state index contributed by atoms with van der Waals surface area (Å²) in [6, 6.07) is 9.41. The lowest BCUT2D eigenvalue weighted by atomic mass is 9.96. The van der Waals surface area contributed by atoms with Gasteiger partial charge in [0.15, 0.2) is 0 Å². The molecule has 1 fully saturated rings. The second kappa shape index (κ2) is 8.59. The number of carbonyl (C=O) groups is 1. The molecule has 0 radical (unpaired) electrons. The lowest BCUT2D eigenvalue weighted by Gasteiger charge is -2.34. The van der Waals surface area contributed by atoms with Crippen LogP contribution in [0.1, 0.15) is 23.3 Å². The first kappa shape index (κ1) is 19.4. The van der Waals surface area contributed by atoms with Crippen molar-refractivity contribution in [2.24, 2.45) is 11.7 Å². The van der Waals surface area contributed by atoms with E-state index in [2.05, 4.69) is 20.2 Å². The number of nitrogens with two attached hydrogens (primary N) is 2. The van der Waals surface area contributed by atoms with Gasteiger partial charge in [0.1, 0.15) is 10.7 Å². The number of amides is 1. The molecule has 0 spiro atoms. The average Bonchev–Trinajstić information content (AvgIpc) is 3.25. The number of anilines is 3. The first-order valence-corrected chi connectivity index (χ1v) is 10.5. The van der Waals surface area contributed by atoms with Crippen LogP contribution in [-0.4, -0.2) is 35.5 Å². The van der Waals surface area contributed by atoms with Gasteiger partial charge in [-0.05, 0) is 55.6 Å². The molecule has 0 saturated carbocycles. The molecule has 0 aliphatic carbocycles. The van der Waals surface area contributed by atoms with E-state index in [0.29, 0.717) is 23.0 Å². The van der Waals surface area contributed by atoms with Crippen LogP contribution in [0.4, 0.5) is 17.1 Å². The zero-order valence-corrected chi connectivity index (χ0v) is 16.9. The van der Waals surface area contributed by atoms with Crippen LogP contribution in [0.15, 0.2) is 48.1 Å². The van der Waals surface area contributed by atoms with E-state index >= 15 is 0 Å². The van der Waals surface area contributed by atoms with E-state index in [0.717, 1.165) is 48.7 Å². The fourth-order valence-corrected chi connectivity index (χ4v) is 4.32. The maximum absolute atomic E-state index is 12.8. The summed E-state index contributed by atoms with van der Waals surface area (Å²) in [6.45, 7) is 2.55. The molecule has 4 rings (SSSR count). The Labute approximate surface area is 173 Å². The number of piperidine rings is 1. The SMILES string of the molecule is NCC1CCN(c2ccc(N)cc2NC(=O)c2csc(-c3cccnc3)n2)CC1. The van der Waals surface area contributed by atoms with Crippen molar-refractivity contribution < 1.29 is 4.79 Å². The summed E-state index contributed by atoms with van der Waals surface area (Å²) in [4.78, 5) is 23.7. The van der Waals surface area contributed by atoms with Crippen LogP contribution in [0.3, 0.4) is 0 Å². The number of benzene rings is 1. The van der Waals surface area contributed by atoms with E-state index in [4.69, 9.17) is 11.5 Å². The van der Waals surface area contributed by atoms with Crippen LogP contribution in [0.5, 0.6) is 0 Å². The first-order valence-electron chi connectivity index (χ1n) is 9.66. The monoisotopic (exact) mass is 408 g/mol. The van der Waals surface area contributed by atoms with Crippen molar-refractivity contribution in [2.75, 3.05) is 35.6 Å². The Morgan fingerprint density at radius 3 is 2.83 bits per heavy atom. The van der Waals surface area contributed by atoms with E-state index in [1.165, 1.54) is 11.3 Å². The highest BCUT2D eigenvalue weighted by Gasteiger charge is 2.21. The van der Waals surface area contributed by atoms with Gasteiger partial charge in [0.25, 0.3) is 5.91 Å². The van der Waals surface area contributed by atoms with Crippen LogP contribution in [0.2, 0.25) is 0 Å². The third-order valence-corrected chi connectivity index (χ3v) is 6.09. The Hall–Kier alpha value is -2.97. The number of pyridine rings is 1. The summed E-state index contributed by atoms with van der Waals surface area (Å²) in [5, 5.41) is 5.52. The molecule has 0 bridgehead atoms. The smallest absolute Gasteiger partial charge is 0.275 e. The van der Waals surface area contributed by atoms with E-state index < -0.39 is 0 Å².